The van der Waals surface area contributed by atoms with E-state index in [2.05, 4.69) is 30.4 Å². The van der Waals surface area contributed by atoms with Crippen molar-refractivity contribution in [1.29, 1.82) is 0 Å². The minimum absolute atomic E-state index is 0.166. The van der Waals surface area contributed by atoms with Crippen LogP contribution in [0, 0.1) is 12.7 Å². The number of anilines is 1. The molecule has 0 saturated carbocycles. The van der Waals surface area contributed by atoms with Crippen molar-refractivity contribution in [3.8, 4) is 17.0 Å². The average molecular weight is 516 g/mol. The van der Waals surface area contributed by atoms with E-state index < -0.39 is 29.9 Å². The molecule has 0 spiro atoms. The van der Waals surface area contributed by atoms with Gasteiger partial charge in [0.2, 0.25) is 5.91 Å². The van der Waals surface area contributed by atoms with Gasteiger partial charge in [0.15, 0.2) is 11.5 Å². The largest absolute Gasteiger partial charge is 0.573 e. The number of alkyl halides is 3. The molecule has 3 aromatic heterocycles. The monoisotopic (exact) mass is 516 g/mol. The molecule has 0 aliphatic carbocycles. The van der Waals surface area contributed by atoms with Gasteiger partial charge in [-0.15, -0.1) is 13.2 Å². The zero-order valence-corrected chi connectivity index (χ0v) is 19.7. The van der Waals surface area contributed by atoms with Gasteiger partial charge < -0.3 is 15.4 Å². The Hall–Kier alpha value is -4.55. The molecule has 0 saturated heterocycles. The van der Waals surface area contributed by atoms with Gasteiger partial charge in [0.05, 0.1) is 29.2 Å². The molecule has 2 amide bonds. The van der Waals surface area contributed by atoms with Crippen LogP contribution >= 0.6 is 0 Å². The number of pyridine rings is 1. The van der Waals surface area contributed by atoms with Crippen molar-refractivity contribution < 1.29 is 31.9 Å². The van der Waals surface area contributed by atoms with Crippen LogP contribution in [-0.2, 0) is 4.79 Å². The summed E-state index contributed by atoms with van der Waals surface area (Å²) >= 11 is 0. The van der Waals surface area contributed by atoms with Gasteiger partial charge in [0.25, 0.3) is 5.91 Å². The van der Waals surface area contributed by atoms with Gasteiger partial charge in [-0.05, 0) is 50.2 Å². The van der Waals surface area contributed by atoms with Crippen LogP contribution in [-0.4, -0.2) is 37.8 Å². The highest BCUT2D eigenvalue weighted by molar-refractivity contribution is 5.96. The normalized spacial score (nSPS) is 12.3. The topological polar surface area (TPSA) is 111 Å². The lowest BCUT2D eigenvalue weighted by atomic mass is 10.0. The highest BCUT2D eigenvalue weighted by Crippen LogP contribution is 2.28. The van der Waals surface area contributed by atoms with Gasteiger partial charge in [0.1, 0.15) is 11.6 Å². The molecule has 0 bridgehead atoms. The minimum atomic E-state index is -4.94. The van der Waals surface area contributed by atoms with E-state index in [-0.39, 0.29) is 17.0 Å². The first kappa shape index (κ1) is 25.5. The Morgan fingerprint density at radius 3 is 2.59 bits per heavy atom. The molecule has 1 unspecified atom stereocenters. The van der Waals surface area contributed by atoms with Crippen LogP contribution in [0.2, 0.25) is 0 Å². The Morgan fingerprint density at radius 1 is 1.14 bits per heavy atom. The van der Waals surface area contributed by atoms with E-state index in [1.165, 1.54) is 30.8 Å². The van der Waals surface area contributed by atoms with E-state index in [9.17, 15) is 27.2 Å². The zero-order chi connectivity index (χ0) is 26.9. The molecule has 0 aliphatic rings. The number of carbonyl (C=O) groups is 2. The zero-order valence-electron chi connectivity index (χ0n) is 19.7. The van der Waals surface area contributed by atoms with Gasteiger partial charge in [-0.3, -0.25) is 14.6 Å². The molecule has 9 nitrogen and oxygen atoms in total. The molecular weight excluding hydrogens is 496 g/mol. The van der Waals surface area contributed by atoms with Gasteiger partial charge >= 0.3 is 6.36 Å². The summed E-state index contributed by atoms with van der Waals surface area (Å²) in [6.45, 7) is 4.39. The van der Waals surface area contributed by atoms with E-state index in [1.807, 2.05) is 0 Å². The second kappa shape index (κ2) is 9.84. The van der Waals surface area contributed by atoms with E-state index in [0.29, 0.717) is 28.4 Å². The Labute approximate surface area is 207 Å². The number of ether oxygens (including phenoxy) is 1. The molecule has 0 radical (unpaired) electrons. The highest BCUT2D eigenvalue weighted by Gasteiger charge is 2.31. The summed E-state index contributed by atoms with van der Waals surface area (Å²) in [6, 6.07) is 6.47. The van der Waals surface area contributed by atoms with Crippen molar-refractivity contribution in [3.05, 3.63) is 71.4 Å². The smallest absolute Gasteiger partial charge is 0.406 e. The number of hydrogen-bond acceptors (Lipinski definition) is 6. The third-order valence-corrected chi connectivity index (χ3v) is 5.27. The Balaban J connectivity index is 1.58. The van der Waals surface area contributed by atoms with Gasteiger partial charge in [-0.25, -0.2) is 13.9 Å². The molecule has 192 valence electrons. The number of carbonyl (C=O) groups excluding carboxylic acids is 2. The van der Waals surface area contributed by atoms with Crippen molar-refractivity contribution in [2.75, 3.05) is 5.32 Å². The maximum Gasteiger partial charge on any atom is 0.573 e. The molecule has 1 aromatic carbocycles. The number of benzene rings is 1. The number of halogens is 4. The number of fused-ring (bicyclic) bond motifs is 1. The molecule has 4 rings (SSSR count). The lowest BCUT2D eigenvalue weighted by Crippen LogP contribution is -2.28. The van der Waals surface area contributed by atoms with Crippen LogP contribution < -0.4 is 15.4 Å². The Kier molecular flexibility index (Phi) is 6.79. The number of aromatic nitrogens is 4. The number of amides is 2. The molecule has 37 heavy (non-hydrogen) atoms. The lowest BCUT2D eigenvalue weighted by molar-refractivity contribution is -0.274. The summed E-state index contributed by atoms with van der Waals surface area (Å²) in [4.78, 5) is 32.8. The predicted octanol–water partition coefficient (Wildman–Crippen LogP) is 4.59. The SMILES string of the molecule is CC(=O)Nc1cn2nc(-c3cnc(C)c(C(=O)NC(C)c4cc(OC(F)(F)F)ccc4F)c3)ccc2n1. The summed E-state index contributed by atoms with van der Waals surface area (Å²) in [6.07, 6.45) is -1.89. The number of rotatable bonds is 6. The van der Waals surface area contributed by atoms with Crippen LogP contribution in [0.25, 0.3) is 16.9 Å². The van der Waals surface area contributed by atoms with E-state index in [1.54, 1.807) is 25.1 Å². The fourth-order valence-corrected chi connectivity index (χ4v) is 3.58. The van der Waals surface area contributed by atoms with Crippen LogP contribution in [0.1, 0.15) is 41.5 Å². The summed E-state index contributed by atoms with van der Waals surface area (Å²) in [5.41, 5.74) is 1.79. The average Bonchev–Trinajstić information content (AvgIpc) is 3.20. The standard InChI is InChI=1S/C24H20F4N6O3/c1-12-18(23(36)30-13(2)17-9-16(4-5-19(17)25)37-24(26,27)28)8-15(10-29-12)20-6-7-22-32-21(31-14(3)35)11-34(22)33-20/h4-11,13H,1-3H3,(H,30,36)(H,31,35). The first-order valence-electron chi connectivity index (χ1n) is 10.9. The maximum atomic E-state index is 14.3. The quantitative estimate of drug-likeness (QED) is 0.363. The molecule has 4 aromatic rings. The predicted molar refractivity (Wildman–Crippen MR) is 124 cm³/mol. The van der Waals surface area contributed by atoms with Crippen molar-refractivity contribution >= 4 is 23.3 Å². The third kappa shape index (κ3) is 6.00. The van der Waals surface area contributed by atoms with Crippen LogP contribution in [0.3, 0.4) is 0 Å². The van der Waals surface area contributed by atoms with E-state index >= 15 is 0 Å². The molecule has 13 heteroatoms. The van der Waals surface area contributed by atoms with Crippen molar-refractivity contribution in [1.82, 2.24) is 24.9 Å². The number of hydrogen-bond donors (Lipinski definition) is 2. The number of imidazole rings is 1. The van der Waals surface area contributed by atoms with E-state index in [0.717, 1.165) is 18.2 Å². The molecular formula is C24H20F4N6O3. The third-order valence-electron chi connectivity index (χ3n) is 5.27. The summed E-state index contributed by atoms with van der Waals surface area (Å²) < 4.78 is 57.3. The fourth-order valence-electron chi connectivity index (χ4n) is 3.58. The lowest BCUT2D eigenvalue weighted by Gasteiger charge is -2.18. The summed E-state index contributed by atoms with van der Waals surface area (Å²) in [5.74, 6) is -1.98. The molecule has 2 N–H and O–H groups in total. The van der Waals surface area contributed by atoms with Gasteiger partial charge in [-0.2, -0.15) is 5.10 Å². The van der Waals surface area contributed by atoms with Crippen LogP contribution in [0.15, 0.2) is 48.8 Å². The molecule has 1 atom stereocenters. The summed E-state index contributed by atoms with van der Waals surface area (Å²) in [7, 11) is 0. The number of nitrogens with zero attached hydrogens (tertiary/aromatic N) is 4. The first-order chi connectivity index (χ1) is 17.4. The fraction of sp³-hybridized carbons (Fsp3) is 0.208. The minimum Gasteiger partial charge on any atom is -0.406 e. The van der Waals surface area contributed by atoms with E-state index in [4.69, 9.17) is 0 Å². The van der Waals surface area contributed by atoms with Gasteiger partial charge in [0, 0.05) is 24.2 Å². The Bertz CT molecular complexity index is 1500. The first-order valence-corrected chi connectivity index (χ1v) is 10.9. The molecule has 0 aliphatic heterocycles. The number of nitrogens with one attached hydrogen (secondary N) is 2. The Morgan fingerprint density at radius 2 is 1.89 bits per heavy atom. The van der Waals surface area contributed by atoms with Crippen LogP contribution in [0.5, 0.6) is 5.75 Å². The van der Waals surface area contributed by atoms with Crippen molar-refractivity contribution in [2.45, 2.75) is 33.2 Å². The second-order valence-corrected chi connectivity index (χ2v) is 8.11. The van der Waals surface area contributed by atoms with Crippen molar-refractivity contribution in [3.63, 3.8) is 0 Å². The van der Waals surface area contributed by atoms with Gasteiger partial charge in [-0.1, -0.05) is 0 Å². The number of aryl methyl sites for hydroxylation is 1. The van der Waals surface area contributed by atoms with Crippen molar-refractivity contribution in [2.24, 2.45) is 0 Å². The second-order valence-electron chi connectivity index (χ2n) is 8.11. The molecule has 0 fully saturated rings. The van der Waals surface area contributed by atoms with Crippen LogP contribution in [0.4, 0.5) is 23.4 Å². The molecule has 3 heterocycles. The summed E-state index contributed by atoms with van der Waals surface area (Å²) in [5, 5.41) is 9.59. The maximum absolute atomic E-state index is 14.3. The highest BCUT2D eigenvalue weighted by atomic mass is 19.4.